The lowest BCUT2D eigenvalue weighted by atomic mass is 9.91. The number of aryl methyl sites for hydroxylation is 1. The molecule has 0 spiro atoms. The molecule has 0 aliphatic carbocycles. The lowest BCUT2D eigenvalue weighted by molar-refractivity contribution is -0.116. The molecule has 0 aromatic heterocycles. The monoisotopic (exact) mass is 369 g/mol. The Bertz CT molecular complexity index is 732. The van der Waals surface area contributed by atoms with Crippen LogP contribution in [0.1, 0.15) is 16.7 Å². The standard InChI is InChI=1S/C15H10BrCl2NO/c1-8-6-10-13(7-12(8)18)19-14(20)15(10,16)9-4-2-3-5-11(9)17/h2-7H,1H3,(H,19,20). The highest BCUT2D eigenvalue weighted by Gasteiger charge is 2.47. The van der Waals surface area contributed by atoms with Gasteiger partial charge in [-0.05, 0) is 24.6 Å². The van der Waals surface area contributed by atoms with E-state index in [1.807, 2.05) is 31.2 Å². The van der Waals surface area contributed by atoms with E-state index < -0.39 is 4.32 Å². The van der Waals surface area contributed by atoms with E-state index in [0.717, 1.165) is 16.7 Å². The quantitative estimate of drug-likeness (QED) is 0.711. The zero-order valence-corrected chi connectivity index (χ0v) is 13.6. The van der Waals surface area contributed by atoms with E-state index >= 15 is 0 Å². The van der Waals surface area contributed by atoms with Crippen LogP contribution in [0.5, 0.6) is 0 Å². The molecule has 5 heteroatoms. The maximum absolute atomic E-state index is 12.5. The third-order valence-electron chi connectivity index (χ3n) is 3.48. The number of benzene rings is 2. The first-order valence-electron chi connectivity index (χ1n) is 6.00. The molecule has 2 aromatic rings. The number of rotatable bonds is 1. The SMILES string of the molecule is Cc1cc2c(cc1Cl)NC(=O)C2(Br)c1ccccc1Cl. The summed E-state index contributed by atoms with van der Waals surface area (Å²) in [6, 6.07) is 11.0. The molecule has 0 radical (unpaired) electrons. The Morgan fingerprint density at radius 3 is 2.50 bits per heavy atom. The van der Waals surface area contributed by atoms with Crippen LogP contribution in [0.4, 0.5) is 5.69 Å². The number of hydrogen-bond acceptors (Lipinski definition) is 1. The number of carbonyl (C=O) groups excluding carboxylic acids is 1. The number of carbonyl (C=O) groups is 1. The Labute approximate surface area is 135 Å². The third-order valence-corrected chi connectivity index (χ3v) is 5.43. The largest absolute Gasteiger partial charge is 0.324 e. The van der Waals surface area contributed by atoms with Gasteiger partial charge in [-0.1, -0.05) is 63.4 Å². The van der Waals surface area contributed by atoms with Crippen molar-refractivity contribution in [3.05, 3.63) is 63.1 Å². The molecule has 2 nitrogen and oxygen atoms in total. The maximum atomic E-state index is 12.5. The highest BCUT2D eigenvalue weighted by atomic mass is 79.9. The lowest BCUT2D eigenvalue weighted by Crippen LogP contribution is -2.29. The predicted octanol–water partition coefficient (Wildman–Crippen LogP) is 4.89. The minimum Gasteiger partial charge on any atom is -0.324 e. The minimum absolute atomic E-state index is 0.165. The summed E-state index contributed by atoms with van der Waals surface area (Å²) in [6.07, 6.45) is 0. The molecule has 1 N–H and O–H groups in total. The van der Waals surface area contributed by atoms with Gasteiger partial charge in [-0.25, -0.2) is 0 Å². The average Bonchev–Trinajstić information content (AvgIpc) is 2.64. The fourth-order valence-corrected chi connectivity index (χ4v) is 3.74. The van der Waals surface area contributed by atoms with Crippen molar-refractivity contribution in [3.8, 4) is 0 Å². The normalized spacial score (nSPS) is 20.7. The zero-order valence-electron chi connectivity index (χ0n) is 10.5. The van der Waals surface area contributed by atoms with Crippen LogP contribution in [0.2, 0.25) is 10.0 Å². The van der Waals surface area contributed by atoms with Crippen LogP contribution in [0.15, 0.2) is 36.4 Å². The van der Waals surface area contributed by atoms with Gasteiger partial charge in [0.05, 0.1) is 0 Å². The van der Waals surface area contributed by atoms with Gasteiger partial charge in [-0.3, -0.25) is 4.79 Å². The summed E-state index contributed by atoms with van der Waals surface area (Å²) in [4.78, 5) is 12.5. The molecule has 1 aliphatic heterocycles. The van der Waals surface area contributed by atoms with Crippen LogP contribution >= 0.6 is 39.1 Å². The molecule has 20 heavy (non-hydrogen) atoms. The second kappa shape index (κ2) is 4.76. The third kappa shape index (κ3) is 1.88. The summed E-state index contributed by atoms with van der Waals surface area (Å²) < 4.78 is -0.976. The van der Waals surface area contributed by atoms with Crippen molar-refractivity contribution in [2.24, 2.45) is 0 Å². The Morgan fingerprint density at radius 2 is 1.80 bits per heavy atom. The molecule has 1 atom stereocenters. The van der Waals surface area contributed by atoms with E-state index in [1.54, 1.807) is 12.1 Å². The van der Waals surface area contributed by atoms with Crippen LogP contribution < -0.4 is 5.32 Å². The van der Waals surface area contributed by atoms with Crippen molar-refractivity contribution in [3.63, 3.8) is 0 Å². The smallest absolute Gasteiger partial charge is 0.250 e. The first kappa shape index (κ1) is 13.9. The molecule has 0 saturated carbocycles. The average molecular weight is 371 g/mol. The molecule has 0 bridgehead atoms. The molecule has 1 heterocycles. The van der Waals surface area contributed by atoms with E-state index in [9.17, 15) is 4.79 Å². The van der Waals surface area contributed by atoms with Gasteiger partial charge in [0.15, 0.2) is 4.32 Å². The molecule has 102 valence electrons. The van der Waals surface area contributed by atoms with Crippen LogP contribution in [0.3, 0.4) is 0 Å². The fraction of sp³-hybridized carbons (Fsp3) is 0.133. The van der Waals surface area contributed by atoms with Crippen molar-refractivity contribution < 1.29 is 4.79 Å². The number of hydrogen-bond donors (Lipinski definition) is 1. The number of amides is 1. The maximum Gasteiger partial charge on any atom is 0.250 e. The second-order valence-corrected chi connectivity index (χ2v) is 6.74. The molecule has 1 unspecified atom stereocenters. The van der Waals surface area contributed by atoms with Gasteiger partial charge < -0.3 is 5.32 Å². The van der Waals surface area contributed by atoms with Crippen LogP contribution in [0.25, 0.3) is 0 Å². The van der Waals surface area contributed by atoms with Gasteiger partial charge in [-0.2, -0.15) is 0 Å². The second-order valence-electron chi connectivity index (χ2n) is 4.74. The Morgan fingerprint density at radius 1 is 1.10 bits per heavy atom. The molecular formula is C15H10BrCl2NO. The van der Waals surface area contributed by atoms with Gasteiger partial charge in [0, 0.05) is 26.9 Å². The van der Waals surface area contributed by atoms with Gasteiger partial charge in [0.25, 0.3) is 5.91 Å². The summed E-state index contributed by atoms with van der Waals surface area (Å²) in [5.74, 6) is -0.165. The van der Waals surface area contributed by atoms with E-state index in [1.165, 1.54) is 0 Å². The topological polar surface area (TPSA) is 29.1 Å². The van der Waals surface area contributed by atoms with E-state index in [-0.39, 0.29) is 5.91 Å². The molecule has 2 aromatic carbocycles. The molecule has 0 fully saturated rings. The van der Waals surface area contributed by atoms with Crippen molar-refractivity contribution in [1.29, 1.82) is 0 Å². The van der Waals surface area contributed by atoms with Crippen molar-refractivity contribution in [2.45, 2.75) is 11.2 Å². The summed E-state index contributed by atoms with van der Waals surface area (Å²) in [5, 5.41) is 4.02. The summed E-state index contributed by atoms with van der Waals surface area (Å²) in [5.41, 5.74) is 3.18. The Hall–Kier alpha value is -1.03. The van der Waals surface area contributed by atoms with Crippen molar-refractivity contribution >= 4 is 50.7 Å². The number of anilines is 1. The lowest BCUT2D eigenvalue weighted by Gasteiger charge is -2.22. The van der Waals surface area contributed by atoms with Crippen LogP contribution in [0, 0.1) is 6.92 Å². The summed E-state index contributed by atoms with van der Waals surface area (Å²) in [6.45, 7) is 1.91. The number of nitrogens with one attached hydrogen (secondary N) is 1. The van der Waals surface area contributed by atoms with E-state index in [2.05, 4.69) is 21.2 Å². The summed E-state index contributed by atoms with van der Waals surface area (Å²) >= 11 is 16.0. The van der Waals surface area contributed by atoms with Crippen LogP contribution in [-0.4, -0.2) is 5.91 Å². The molecular weight excluding hydrogens is 361 g/mol. The first-order chi connectivity index (χ1) is 9.44. The highest BCUT2D eigenvalue weighted by molar-refractivity contribution is 9.10. The molecule has 3 rings (SSSR count). The predicted molar refractivity (Wildman–Crippen MR) is 86.0 cm³/mol. The summed E-state index contributed by atoms with van der Waals surface area (Å²) in [7, 11) is 0. The highest BCUT2D eigenvalue weighted by Crippen LogP contribution is 2.50. The first-order valence-corrected chi connectivity index (χ1v) is 7.55. The van der Waals surface area contributed by atoms with Gasteiger partial charge >= 0.3 is 0 Å². The number of fused-ring (bicyclic) bond motifs is 1. The van der Waals surface area contributed by atoms with Crippen molar-refractivity contribution in [1.82, 2.24) is 0 Å². The zero-order chi connectivity index (χ0) is 14.5. The fourth-order valence-electron chi connectivity index (χ4n) is 2.41. The minimum atomic E-state index is -0.976. The Balaban J connectivity index is 2.29. The van der Waals surface area contributed by atoms with E-state index in [4.69, 9.17) is 23.2 Å². The Kier molecular flexibility index (Phi) is 3.32. The van der Waals surface area contributed by atoms with Gasteiger partial charge in [0.2, 0.25) is 0 Å². The molecule has 1 aliphatic rings. The van der Waals surface area contributed by atoms with Gasteiger partial charge in [-0.15, -0.1) is 0 Å². The molecule has 1 amide bonds. The van der Waals surface area contributed by atoms with Crippen LogP contribution in [-0.2, 0) is 9.12 Å². The number of alkyl halides is 1. The van der Waals surface area contributed by atoms with Gasteiger partial charge in [0.1, 0.15) is 0 Å². The van der Waals surface area contributed by atoms with Crippen molar-refractivity contribution in [2.75, 3.05) is 5.32 Å². The number of halogens is 3. The molecule has 0 saturated heterocycles. The van der Waals surface area contributed by atoms with E-state index in [0.29, 0.717) is 15.7 Å².